The van der Waals surface area contributed by atoms with Crippen molar-refractivity contribution in [2.75, 3.05) is 33.3 Å². The Labute approximate surface area is 116 Å². The van der Waals surface area contributed by atoms with Crippen LogP contribution in [0.2, 0.25) is 0 Å². The predicted octanol–water partition coefficient (Wildman–Crippen LogP) is 2.17. The van der Waals surface area contributed by atoms with Gasteiger partial charge in [-0.3, -0.25) is 0 Å². The minimum absolute atomic E-state index is 0.548. The van der Waals surface area contributed by atoms with Crippen LogP contribution in [-0.2, 0) is 6.42 Å². The lowest BCUT2D eigenvalue weighted by Crippen LogP contribution is -2.47. The molecule has 3 heteroatoms. The topological polar surface area (TPSA) is 33.3 Å². The first-order valence-corrected chi connectivity index (χ1v) is 7.29. The summed E-state index contributed by atoms with van der Waals surface area (Å²) in [7, 11) is 1.76. The van der Waals surface area contributed by atoms with Gasteiger partial charge in [0, 0.05) is 19.6 Å². The molecule has 0 bridgehead atoms. The second kappa shape index (κ2) is 6.92. The van der Waals surface area contributed by atoms with Crippen molar-refractivity contribution in [1.29, 1.82) is 0 Å². The fourth-order valence-electron chi connectivity index (χ4n) is 2.35. The van der Waals surface area contributed by atoms with Crippen LogP contribution in [0.15, 0.2) is 18.2 Å². The highest BCUT2D eigenvalue weighted by atomic mass is 16.5. The number of benzene rings is 1. The molecule has 1 aliphatic heterocycles. The Morgan fingerprint density at radius 3 is 2.74 bits per heavy atom. The summed E-state index contributed by atoms with van der Waals surface area (Å²) in [5.74, 6) is 2.40. The monoisotopic (exact) mass is 262 g/mol. The van der Waals surface area contributed by atoms with Gasteiger partial charge in [-0.2, -0.15) is 0 Å². The summed E-state index contributed by atoms with van der Waals surface area (Å²) < 4.78 is 5.51. The smallest absolute Gasteiger partial charge is 0.122 e. The van der Waals surface area contributed by atoms with Crippen molar-refractivity contribution in [1.82, 2.24) is 10.6 Å². The molecule has 1 saturated heterocycles. The van der Waals surface area contributed by atoms with E-state index in [0.717, 1.165) is 31.2 Å². The molecule has 0 amide bonds. The van der Waals surface area contributed by atoms with Crippen LogP contribution in [0.4, 0.5) is 0 Å². The van der Waals surface area contributed by atoms with Crippen molar-refractivity contribution in [2.24, 2.45) is 5.92 Å². The van der Waals surface area contributed by atoms with Crippen molar-refractivity contribution in [3.63, 3.8) is 0 Å². The first-order chi connectivity index (χ1) is 9.20. The number of methoxy groups -OCH3 is 1. The van der Waals surface area contributed by atoms with Crippen molar-refractivity contribution in [3.05, 3.63) is 29.3 Å². The van der Waals surface area contributed by atoms with E-state index in [9.17, 15) is 0 Å². The van der Waals surface area contributed by atoms with Gasteiger partial charge in [0.25, 0.3) is 0 Å². The Morgan fingerprint density at radius 1 is 1.37 bits per heavy atom. The molecule has 1 heterocycles. The minimum Gasteiger partial charge on any atom is -0.496 e. The number of ether oxygens (including phenoxy) is 1. The van der Waals surface area contributed by atoms with Crippen LogP contribution < -0.4 is 15.4 Å². The normalized spacial score (nSPS) is 15.6. The highest BCUT2D eigenvalue weighted by Gasteiger charge is 2.15. The van der Waals surface area contributed by atoms with E-state index in [0.29, 0.717) is 5.92 Å². The fourth-order valence-corrected chi connectivity index (χ4v) is 2.35. The lowest BCUT2D eigenvalue weighted by atomic mass is 9.99. The molecular formula is C16H26N2O. The third-order valence-electron chi connectivity index (χ3n) is 3.85. The maximum absolute atomic E-state index is 5.51. The van der Waals surface area contributed by atoms with Crippen LogP contribution >= 0.6 is 0 Å². The zero-order valence-electron chi connectivity index (χ0n) is 12.3. The first kappa shape index (κ1) is 14.4. The molecule has 0 aliphatic carbocycles. The summed E-state index contributed by atoms with van der Waals surface area (Å²) in [4.78, 5) is 0. The third-order valence-corrected chi connectivity index (χ3v) is 3.85. The molecule has 1 aromatic carbocycles. The van der Waals surface area contributed by atoms with Crippen LogP contribution in [0, 0.1) is 5.92 Å². The van der Waals surface area contributed by atoms with Crippen LogP contribution in [0.25, 0.3) is 0 Å². The van der Waals surface area contributed by atoms with E-state index in [1.54, 1.807) is 7.11 Å². The van der Waals surface area contributed by atoms with Crippen molar-refractivity contribution in [3.8, 4) is 5.75 Å². The summed E-state index contributed by atoms with van der Waals surface area (Å²) in [6.45, 7) is 8.90. The maximum atomic E-state index is 5.51. The van der Waals surface area contributed by atoms with Gasteiger partial charge in [-0.1, -0.05) is 26.0 Å². The summed E-state index contributed by atoms with van der Waals surface area (Å²) in [6.07, 6.45) is 1.03. The van der Waals surface area contributed by atoms with Gasteiger partial charge in [0.2, 0.25) is 0 Å². The molecule has 0 spiro atoms. The molecule has 0 atom stereocenters. The van der Waals surface area contributed by atoms with E-state index < -0.39 is 0 Å². The second-order valence-corrected chi connectivity index (χ2v) is 5.70. The van der Waals surface area contributed by atoms with Gasteiger partial charge >= 0.3 is 0 Å². The molecule has 0 aromatic heterocycles. The number of nitrogens with one attached hydrogen (secondary N) is 2. The maximum Gasteiger partial charge on any atom is 0.122 e. The van der Waals surface area contributed by atoms with Crippen molar-refractivity contribution < 1.29 is 4.74 Å². The zero-order valence-corrected chi connectivity index (χ0v) is 12.3. The average Bonchev–Trinajstić information content (AvgIpc) is 2.36. The number of hydrogen-bond acceptors (Lipinski definition) is 3. The summed E-state index contributed by atoms with van der Waals surface area (Å²) in [6, 6.07) is 6.61. The molecule has 1 fully saturated rings. The van der Waals surface area contributed by atoms with Gasteiger partial charge in [-0.25, -0.2) is 0 Å². The highest BCUT2D eigenvalue weighted by Crippen LogP contribution is 2.24. The Kier molecular flexibility index (Phi) is 5.23. The van der Waals surface area contributed by atoms with Crippen LogP contribution in [0.3, 0.4) is 0 Å². The first-order valence-electron chi connectivity index (χ1n) is 7.29. The van der Waals surface area contributed by atoms with Crippen LogP contribution in [0.1, 0.15) is 30.9 Å². The average molecular weight is 262 g/mol. The number of rotatable bonds is 7. The van der Waals surface area contributed by atoms with E-state index in [1.807, 2.05) is 0 Å². The molecule has 2 N–H and O–H groups in total. The number of hydrogen-bond donors (Lipinski definition) is 2. The van der Waals surface area contributed by atoms with Gasteiger partial charge in [0.15, 0.2) is 0 Å². The van der Waals surface area contributed by atoms with Crippen molar-refractivity contribution in [2.45, 2.75) is 26.2 Å². The molecule has 106 valence electrons. The summed E-state index contributed by atoms with van der Waals surface area (Å²) in [5, 5.41) is 6.82. The lowest BCUT2D eigenvalue weighted by molar-refractivity contribution is 0.332. The quantitative estimate of drug-likeness (QED) is 0.739. The standard InChI is InChI=1S/C16H26N2O/c1-12(2)15-5-4-14(16(8-15)19-3)6-7-17-9-13-10-18-11-13/h4-5,8,12-13,17-18H,6-7,9-11H2,1-3H3. The minimum atomic E-state index is 0.548. The summed E-state index contributed by atoms with van der Waals surface area (Å²) in [5.41, 5.74) is 2.64. The summed E-state index contributed by atoms with van der Waals surface area (Å²) >= 11 is 0. The third kappa shape index (κ3) is 3.95. The fraction of sp³-hybridized carbons (Fsp3) is 0.625. The molecule has 0 unspecified atom stereocenters. The predicted molar refractivity (Wildman–Crippen MR) is 80.0 cm³/mol. The SMILES string of the molecule is COc1cc(C(C)C)ccc1CCNCC1CNC1. The molecule has 19 heavy (non-hydrogen) atoms. The van der Waals surface area contributed by atoms with E-state index in [-0.39, 0.29) is 0 Å². The molecule has 0 saturated carbocycles. The Bertz CT molecular complexity index is 400. The van der Waals surface area contributed by atoms with E-state index in [2.05, 4.69) is 42.7 Å². The molecular weight excluding hydrogens is 236 g/mol. The van der Waals surface area contributed by atoms with Crippen LogP contribution in [0.5, 0.6) is 5.75 Å². The zero-order chi connectivity index (χ0) is 13.7. The van der Waals surface area contributed by atoms with Gasteiger partial charge in [-0.15, -0.1) is 0 Å². The van der Waals surface area contributed by atoms with Gasteiger partial charge in [0.05, 0.1) is 7.11 Å². The van der Waals surface area contributed by atoms with E-state index >= 15 is 0 Å². The van der Waals surface area contributed by atoms with Crippen LogP contribution in [-0.4, -0.2) is 33.3 Å². The second-order valence-electron chi connectivity index (χ2n) is 5.70. The molecule has 2 rings (SSSR count). The van der Waals surface area contributed by atoms with Gasteiger partial charge in [-0.05, 0) is 42.0 Å². The highest BCUT2D eigenvalue weighted by molar-refractivity contribution is 5.38. The Hall–Kier alpha value is -1.06. The Morgan fingerprint density at radius 2 is 2.16 bits per heavy atom. The largest absolute Gasteiger partial charge is 0.496 e. The van der Waals surface area contributed by atoms with Gasteiger partial charge < -0.3 is 15.4 Å². The van der Waals surface area contributed by atoms with Gasteiger partial charge in [0.1, 0.15) is 5.75 Å². The molecule has 1 aliphatic rings. The van der Waals surface area contributed by atoms with Crippen molar-refractivity contribution >= 4 is 0 Å². The van der Waals surface area contributed by atoms with E-state index in [1.165, 1.54) is 24.2 Å². The Balaban J connectivity index is 1.84. The molecule has 3 nitrogen and oxygen atoms in total. The van der Waals surface area contributed by atoms with E-state index in [4.69, 9.17) is 4.74 Å². The molecule has 0 radical (unpaired) electrons. The lowest BCUT2D eigenvalue weighted by Gasteiger charge is -2.27. The molecule has 1 aromatic rings.